The number of allylic oxidation sites excluding steroid dienone is 2. The Labute approximate surface area is 398 Å². The van der Waals surface area contributed by atoms with Crippen molar-refractivity contribution in [2.24, 2.45) is 11.8 Å². The van der Waals surface area contributed by atoms with Crippen LogP contribution in [0.2, 0.25) is 0 Å². The van der Waals surface area contributed by atoms with Gasteiger partial charge in [-0.3, -0.25) is 19.2 Å². The Balaban J connectivity index is 1.64. The number of fused-ring (bicyclic) bond motifs is 2. The Morgan fingerprint density at radius 3 is 1.17 bits per heavy atom. The number of ether oxygens (including phenoxy) is 2. The molecule has 0 spiro atoms. The number of carbonyl (C=O) groups is 4. The quantitative estimate of drug-likeness (QED) is 0.0194. The van der Waals surface area contributed by atoms with Gasteiger partial charge in [-0.1, -0.05) is 237 Å². The minimum atomic E-state index is -1.09. The van der Waals surface area contributed by atoms with Crippen molar-refractivity contribution in [3.05, 3.63) is 72.3 Å². The van der Waals surface area contributed by atoms with E-state index in [1.54, 1.807) is 36.4 Å². The summed E-state index contributed by atoms with van der Waals surface area (Å²) in [5.41, 5.74) is 0.673. The number of aliphatic carboxylic acids is 2. The van der Waals surface area contributed by atoms with Gasteiger partial charge in [0.05, 0.1) is 24.7 Å². The first-order valence-corrected chi connectivity index (χ1v) is 26.1. The second-order valence-corrected chi connectivity index (χ2v) is 19.7. The zero-order chi connectivity index (χ0) is 48.0. The van der Waals surface area contributed by atoms with Gasteiger partial charge in [0.25, 0.3) is 0 Å². The molecule has 0 saturated heterocycles. The van der Waals surface area contributed by atoms with Crippen LogP contribution in [0.5, 0.6) is 11.5 Å². The molecule has 0 bridgehead atoms. The Kier molecular flexibility index (Phi) is 27.3. The van der Waals surface area contributed by atoms with E-state index in [4.69, 9.17) is 9.47 Å². The van der Waals surface area contributed by atoms with Crippen molar-refractivity contribution in [3.63, 3.8) is 0 Å². The van der Waals surface area contributed by atoms with E-state index in [0.717, 1.165) is 44.1 Å². The van der Waals surface area contributed by atoms with Crippen LogP contribution in [0.4, 0.5) is 0 Å². The molecule has 0 saturated carbocycles. The van der Waals surface area contributed by atoms with Gasteiger partial charge in [0.15, 0.2) is 0 Å². The summed E-state index contributed by atoms with van der Waals surface area (Å²) in [7, 11) is 0. The summed E-state index contributed by atoms with van der Waals surface area (Å²) in [6.45, 7) is 10.7. The van der Waals surface area contributed by atoms with Gasteiger partial charge in [0.2, 0.25) is 0 Å². The topological polar surface area (TPSA) is 127 Å². The van der Waals surface area contributed by atoms with Crippen molar-refractivity contribution >= 4 is 45.4 Å². The predicted octanol–water partition coefficient (Wildman–Crippen LogP) is 16.6. The molecule has 66 heavy (non-hydrogen) atoms. The molecule has 0 radical (unpaired) electrons. The average Bonchev–Trinajstić information content (AvgIpc) is 3.28. The maximum Gasteiger partial charge on any atom is 0.312 e. The first kappa shape index (κ1) is 55.9. The van der Waals surface area contributed by atoms with Gasteiger partial charge in [-0.05, 0) is 42.7 Å². The van der Waals surface area contributed by atoms with Crippen molar-refractivity contribution in [2.45, 2.75) is 220 Å². The molecule has 0 aliphatic heterocycles. The van der Waals surface area contributed by atoms with Gasteiger partial charge in [0.1, 0.15) is 11.5 Å². The van der Waals surface area contributed by atoms with E-state index in [0.29, 0.717) is 21.5 Å². The molecule has 8 nitrogen and oxygen atoms in total. The summed E-state index contributed by atoms with van der Waals surface area (Å²) in [4.78, 5) is 51.9. The fourth-order valence-electron chi connectivity index (χ4n) is 8.66. The van der Waals surface area contributed by atoms with Crippen LogP contribution in [0.3, 0.4) is 0 Å². The number of benzene rings is 3. The Bertz CT molecular complexity index is 1950. The van der Waals surface area contributed by atoms with Crippen molar-refractivity contribution in [1.82, 2.24) is 0 Å². The van der Waals surface area contributed by atoms with Crippen LogP contribution < -0.4 is 9.47 Å². The summed E-state index contributed by atoms with van der Waals surface area (Å²) in [6, 6.07) is 12.8. The third kappa shape index (κ3) is 21.4. The van der Waals surface area contributed by atoms with Crippen LogP contribution in [0.15, 0.2) is 66.8 Å². The molecular formula is C58H86O8. The van der Waals surface area contributed by atoms with Crippen LogP contribution in [0, 0.1) is 11.8 Å². The molecule has 0 aliphatic carbocycles. The highest BCUT2D eigenvalue weighted by molar-refractivity contribution is 6.13. The molecule has 0 fully saturated rings. The summed E-state index contributed by atoms with van der Waals surface area (Å²) in [5, 5.41) is 22.2. The summed E-state index contributed by atoms with van der Waals surface area (Å²) in [6.07, 6.45) is 37.9. The van der Waals surface area contributed by atoms with E-state index >= 15 is 0 Å². The molecule has 8 heteroatoms. The molecule has 0 aromatic heterocycles. The largest absolute Gasteiger partial charge is 0.481 e. The third-order valence-corrected chi connectivity index (χ3v) is 12.8. The predicted molar refractivity (Wildman–Crippen MR) is 273 cm³/mol. The fourth-order valence-corrected chi connectivity index (χ4v) is 8.66. The normalized spacial score (nSPS) is 12.9. The van der Waals surface area contributed by atoms with Crippen LogP contribution in [0.1, 0.15) is 220 Å². The van der Waals surface area contributed by atoms with Gasteiger partial charge < -0.3 is 19.7 Å². The van der Waals surface area contributed by atoms with Crippen molar-refractivity contribution in [3.8, 4) is 11.5 Å². The summed E-state index contributed by atoms with van der Waals surface area (Å²) >= 11 is 0. The minimum absolute atomic E-state index is 0.250. The molecule has 2 unspecified atom stereocenters. The van der Waals surface area contributed by atoms with E-state index in [1.165, 1.54) is 128 Å². The molecule has 3 rings (SSSR count). The Morgan fingerprint density at radius 1 is 0.485 bits per heavy atom. The van der Waals surface area contributed by atoms with Crippen LogP contribution >= 0.6 is 0 Å². The zero-order valence-corrected chi connectivity index (χ0v) is 41.6. The summed E-state index contributed by atoms with van der Waals surface area (Å²) < 4.78 is 12.2. The fraction of sp³-hybridized carbons (Fsp3) is 0.621. The van der Waals surface area contributed by atoms with Gasteiger partial charge in [0, 0.05) is 21.5 Å². The molecule has 0 amide bonds. The van der Waals surface area contributed by atoms with E-state index in [1.807, 2.05) is 30.4 Å². The smallest absolute Gasteiger partial charge is 0.312 e. The number of esters is 2. The number of unbranched alkanes of at least 4 members (excludes halogenated alkanes) is 24. The third-order valence-electron chi connectivity index (χ3n) is 12.8. The number of hydrogen-bond acceptors (Lipinski definition) is 6. The highest BCUT2D eigenvalue weighted by atomic mass is 16.5. The highest BCUT2D eigenvalue weighted by Crippen LogP contribution is 2.44. The van der Waals surface area contributed by atoms with E-state index in [-0.39, 0.29) is 29.8 Å². The van der Waals surface area contributed by atoms with E-state index in [2.05, 4.69) is 34.6 Å². The van der Waals surface area contributed by atoms with Crippen molar-refractivity contribution in [2.75, 3.05) is 0 Å². The maximum absolute atomic E-state index is 13.7. The molecule has 3 aromatic rings. The average molecular weight is 911 g/mol. The summed E-state index contributed by atoms with van der Waals surface area (Å²) in [5.74, 6) is -5.14. The van der Waals surface area contributed by atoms with Gasteiger partial charge in [-0.15, -0.1) is 0 Å². The lowest BCUT2D eigenvalue weighted by molar-refractivity contribution is -0.145. The first-order valence-electron chi connectivity index (χ1n) is 26.1. The van der Waals surface area contributed by atoms with Crippen LogP contribution in [-0.4, -0.2) is 34.1 Å². The first-order chi connectivity index (χ1) is 31.9. The number of carboxylic acid groups (broad SMARTS) is 2. The van der Waals surface area contributed by atoms with Gasteiger partial charge >= 0.3 is 23.9 Å². The molecule has 0 heterocycles. The lowest BCUT2D eigenvalue weighted by atomic mass is 9.85. The van der Waals surface area contributed by atoms with E-state index < -0.39 is 35.7 Å². The molecule has 2 atom stereocenters. The Morgan fingerprint density at radius 2 is 0.818 bits per heavy atom. The zero-order valence-electron chi connectivity index (χ0n) is 41.6. The lowest BCUT2D eigenvalue weighted by Gasteiger charge is -2.22. The van der Waals surface area contributed by atoms with Crippen molar-refractivity contribution in [1.29, 1.82) is 0 Å². The number of rotatable bonds is 36. The Hall–Kier alpha value is -4.46. The van der Waals surface area contributed by atoms with Gasteiger partial charge in [-0.25, -0.2) is 0 Å². The second-order valence-electron chi connectivity index (χ2n) is 19.7. The second kappa shape index (κ2) is 32.3. The lowest BCUT2D eigenvalue weighted by Crippen LogP contribution is -2.20. The standard InChI is InChI=1S/C58H86O8/c1-6-8-10-12-14-16-18-20-22-24-26-28-30-32-36-45(56(61)62)42-52(59)65-54-48-38-34-35-39-49(48)55(51-44-47(58(3,4)5)40-41-50(51)54)66-53(60)43-46(57(63)64)37-33-31-29-27-25-23-21-19-17-15-13-11-9-7-2/h32-41,44-46H,6-31,42-43H2,1-5H3,(H,61,62)(H,63,64). The van der Waals surface area contributed by atoms with Crippen LogP contribution in [0.25, 0.3) is 21.5 Å². The maximum atomic E-state index is 13.7. The monoisotopic (exact) mass is 911 g/mol. The highest BCUT2D eigenvalue weighted by Gasteiger charge is 2.26. The van der Waals surface area contributed by atoms with E-state index in [9.17, 15) is 29.4 Å². The molecule has 0 aliphatic rings. The molecule has 366 valence electrons. The van der Waals surface area contributed by atoms with Crippen LogP contribution in [-0.2, 0) is 24.6 Å². The molecule has 2 N–H and O–H groups in total. The number of carbonyl (C=O) groups excluding carboxylic acids is 2. The molecule has 3 aromatic carbocycles. The van der Waals surface area contributed by atoms with Crippen molar-refractivity contribution < 1.29 is 38.9 Å². The van der Waals surface area contributed by atoms with Gasteiger partial charge in [-0.2, -0.15) is 0 Å². The SMILES string of the molecule is CCCCCCCCCCCCCCC=CC(CC(=O)Oc1c2ccccc2c(OC(=O)CC(C=CCCCCCCCCCCCCCC)C(=O)O)c2cc(C(C)(C)C)ccc12)C(=O)O. The number of carboxylic acids is 2. The number of hydrogen-bond donors (Lipinski definition) is 2. The molecular weight excluding hydrogens is 825 g/mol. The minimum Gasteiger partial charge on any atom is -0.481 e.